The first-order chi connectivity index (χ1) is 13.5. The zero-order valence-corrected chi connectivity index (χ0v) is 15.3. The number of hydrogen-bond acceptors (Lipinski definition) is 7. The van der Waals surface area contributed by atoms with Crippen molar-refractivity contribution in [1.29, 1.82) is 0 Å². The van der Waals surface area contributed by atoms with Crippen LogP contribution in [0.5, 0.6) is 11.5 Å². The fourth-order valence-corrected chi connectivity index (χ4v) is 2.84. The normalized spacial score (nSPS) is 12.8. The third-order valence-electron chi connectivity index (χ3n) is 4.36. The molecular weight excluding hydrogens is 362 g/mol. The van der Waals surface area contributed by atoms with Gasteiger partial charge in [-0.25, -0.2) is 9.67 Å². The fraction of sp³-hybridized carbons (Fsp3) is 0.211. The number of amides is 1. The van der Waals surface area contributed by atoms with E-state index in [9.17, 15) is 9.59 Å². The predicted molar refractivity (Wildman–Crippen MR) is 99.3 cm³/mol. The highest BCUT2D eigenvalue weighted by atomic mass is 16.5. The van der Waals surface area contributed by atoms with Crippen LogP contribution in [0.25, 0.3) is 0 Å². The van der Waals surface area contributed by atoms with Crippen molar-refractivity contribution in [2.24, 2.45) is 7.05 Å². The van der Waals surface area contributed by atoms with E-state index in [0.717, 1.165) is 11.3 Å². The zero-order chi connectivity index (χ0) is 19.7. The average molecular weight is 379 g/mol. The second kappa shape index (κ2) is 7.10. The molecule has 0 spiro atoms. The highest BCUT2D eigenvalue weighted by molar-refractivity contribution is 6.08. The van der Waals surface area contributed by atoms with E-state index in [2.05, 4.69) is 15.1 Å². The molecule has 4 heterocycles. The summed E-state index contributed by atoms with van der Waals surface area (Å²) in [5.41, 5.74) is 1.59. The molecule has 28 heavy (non-hydrogen) atoms. The van der Waals surface area contributed by atoms with E-state index in [0.29, 0.717) is 29.6 Å². The molecule has 0 N–H and O–H groups in total. The van der Waals surface area contributed by atoms with Gasteiger partial charge in [0.15, 0.2) is 5.82 Å². The SMILES string of the molecule is COc1ccc(COc2cnc3c(c2)CN(c2ccc(=O)n(C)n2)C3=O)nc1. The van der Waals surface area contributed by atoms with Crippen LogP contribution >= 0.6 is 0 Å². The summed E-state index contributed by atoms with van der Waals surface area (Å²) in [6, 6.07) is 8.31. The molecule has 0 bridgehead atoms. The maximum Gasteiger partial charge on any atom is 0.278 e. The Kier molecular flexibility index (Phi) is 4.48. The van der Waals surface area contributed by atoms with Crippen LogP contribution in [0, 0.1) is 0 Å². The van der Waals surface area contributed by atoms with Crippen LogP contribution in [0.1, 0.15) is 21.7 Å². The van der Waals surface area contributed by atoms with Crippen LogP contribution in [0.15, 0.2) is 47.5 Å². The molecule has 3 aromatic rings. The van der Waals surface area contributed by atoms with Gasteiger partial charge >= 0.3 is 0 Å². The maximum atomic E-state index is 12.6. The Bertz CT molecular complexity index is 1090. The lowest BCUT2D eigenvalue weighted by atomic mass is 10.2. The van der Waals surface area contributed by atoms with Crippen molar-refractivity contribution in [3.63, 3.8) is 0 Å². The summed E-state index contributed by atoms with van der Waals surface area (Å²) < 4.78 is 12.0. The van der Waals surface area contributed by atoms with Crippen LogP contribution in [0.3, 0.4) is 0 Å². The first-order valence-corrected chi connectivity index (χ1v) is 8.52. The minimum atomic E-state index is -0.260. The lowest BCUT2D eigenvalue weighted by Crippen LogP contribution is -2.28. The Morgan fingerprint density at radius 2 is 1.89 bits per heavy atom. The molecule has 9 nitrogen and oxygen atoms in total. The summed E-state index contributed by atoms with van der Waals surface area (Å²) in [6.45, 7) is 0.578. The first kappa shape index (κ1) is 17.7. The number of carbonyl (C=O) groups is 1. The van der Waals surface area contributed by atoms with Gasteiger partial charge in [-0.3, -0.25) is 19.5 Å². The Hall–Kier alpha value is -3.75. The molecule has 9 heteroatoms. The summed E-state index contributed by atoms with van der Waals surface area (Å²) in [4.78, 5) is 34.1. The third kappa shape index (κ3) is 3.29. The molecule has 4 rings (SSSR count). The predicted octanol–water partition coefficient (Wildman–Crippen LogP) is 1.32. The molecule has 0 saturated carbocycles. The van der Waals surface area contributed by atoms with Gasteiger partial charge in [-0.15, -0.1) is 0 Å². The molecule has 3 aromatic heterocycles. The number of methoxy groups -OCH3 is 1. The van der Waals surface area contributed by atoms with E-state index in [1.165, 1.54) is 35.0 Å². The number of aromatic nitrogens is 4. The number of hydrogen-bond donors (Lipinski definition) is 0. The van der Waals surface area contributed by atoms with Gasteiger partial charge in [0.1, 0.15) is 23.8 Å². The molecule has 142 valence electrons. The van der Waals surface area contributed by atoms with Crippen molar-refractivity contribution < 1.29 is 14.3 Å². The van der Waals surface area contributed by atoms with E-state index in [1.54, 1.807) is 19.4 Å². The van der Waals surface area contributed by atoms with Crippen LogP contribution < -0.4 is 19.9 Å². The molecule has 0 unspecified atom stereocenters. The van der Waals surface area contributed by atoms with Crippen LogP contribution in [-0.4, -0.2) is 32.8 Å². The second-order valence-electron chi connectivity index (χ2n) is 6.20. The number of carbonyl (C=O) groups excluding carboxylic acids is 1. The Morgan fingerprint density at radius 3 is 2.61 bits per heavy atom. The molecule has 1 aliphatic heterocycles. The van der Waals surface area contributed by atoms with Crippen molar-refractivity contribution >= 4 is 11.7 Å². The van der Waals surface area contributed by atoms with E-state index >= 15 is 0 Å². The summed E-state index contributed by atoms with van der Waals surface area (Å²) in [5, 5.41) is 4.13. The van der Waals surface area contributed by atoms with Crippen molar-refractivity contribution in [2.45, 2.75) is 13.2 Å². The van der Waals surface area contributed by atoms with E-state index in [1.807, 2.05) is 12.1 Å². The molecule has 1 aliphatic rings. The lowest BCUT2D eigenvalue weighted by molar-refractivity contribution is 0.0991. The number of ether oxygens (including phenoxy) is 2. The standard InChI is InChI=1S/C19H17N5O4/c1-23-17(25)6-5-16(22-23)24-10-12-7-15(9-21-18(12)19(24)26)28-11-13-3-4-14(27-2)8-20-13/h3-9H,10-11H2,1-2H3. The van der Waals surface area contributed by atoms with Crippen molar-refractivity contribution in [1.82, 2.24) is 19.7 Å². The van der Waals surface area contributed by atoms with Crippen molar-refractivity contribution in [3.05, 3.63) is 70.0 Å². The summed E-state index contributed by atoms with van der Waals surface area (Å²) in [5.74, 6) is 1.35. The summed E-state index contributed by atoms with van der Waals surface area (Å²) in [7, 11) is 3.12. The van der Waals surface area contributed by atoms with Gasteiger partial charge in [0.25, 0.3) is 11.5 Å². The molecule has 0 aromatic carbocycles. The topological polar surface area (TPSA) is 99.4 Å². The quantitative estimate of drug-likeness (QED) is 0.659. The summed E-state index contributed by atoms with van der Waals surface area (Å²) in [6.07, 6.45) is 3.13. The molecule has 0 aliphatic carbocycles. The van der Waals surface area contributed by atoms with E-state index in [4.69, 9.17) is 9.47 Å². The third-order valence-corrected chi connectivity index (χ3v) is 4.36. The zero-order valence-electron chi connectivity index (χ0n) is 15.3. The van der Waals surface area contributed by atoms with Gasteiger partial charge < -0.3 is 9.47 Å². The van der Waals surface area contributed by atoms with Crippen LogP contribution in [-0.2, 0) is 20.2 Å². The number of nitrogens with zero attached hydrogens (tertiary/aromatic N) is 5. The second-order valence-corrected chi connectivity index (χ2v) is 6.20. The number of aryl methyl sites for hydroxylation is 1. The molecular formula is C19H17N5O4. The minimum Gasteiger partial charge on any atom is -0.495 e. The smallest absolute Gasteiger partial charge is 0.278 e. The highest BCUT2D eigenvalue weighted by Gasteiger charge is 2.31. The van der Waals surface area contributed by atoms with Gasteiger partial charge in [0.2, 0.25) is 0 Å². The lowest BCUT2D eigenvalue weighted by Gasteiger charge is -2.14. The number of rotatable bonds is 5. The summed E-state index contributed by atoms with van der Waals surface area (Å²) >= 11 is 0. The maximum absolute atomic E-state index is 12.6. The Morgan fingerprint density at radius 1 is 1.07 bits per heavy atom. The highest BCUT2D eigenvalue weighted by Crippen LogP contribution is 2.28. The number of anilines is 1. The van der Waals surface area contributed by atoms with Crippen molar-refractivity contribution in [3.8, 4) is 11.5 Å². The van der Waals surface area contributed by atoms with Crippen LogP contribution in [0.4, 0.5) is 5.82 Å². The fourth-order valence-electron chi connectivity index (χ4n) is 2.84. The molecule has 1 amide bonds. The van der Waals surface area contributed by atoms with Gasteiger partial charge in [0, 0.05) is 18.7 Å². The van der Waals surface area contributed by atoms with Crippen LogP contribution in [0.2, 0.25) is 0 Å². The van der Waals surface area contributed by atoms with Crippen molar-refractivity contribution in [2.75, 3.05) is 12.0 Å². The molecule has 0 fully saturated rings. The van der Waals surface area contributed by atoms with Gasteiger partial charge in [0.05, 0.1) is 31.7 Å². The minimum absolute atomic E-state index is 0.242. The number of fused-ring (bicyclic) bond motifs is 1. The first-order valence-electron chi connectivity index (χ1n) is 8.52. The monoisotopic (exact) mass is 379 g/mol. The van der Waals surface area contributed by atoms with Gasteiger partial charge in [-0.2, -0.15) is 5.10 Å². The van der Waals surface area contributed by atoms with E-state index in [-0.39, 0.29) is 18.1 Å². The molecule has 0 atom stereocenters. The van der Waals surface area contributed by atoms with Gasteiger partial charge in [-0.05, 0) is 24.3 Å². The molecule has 0 radical (unpaired) electrons. The molecule has 0 saturated heterocycles. The Labute approximate surface area is 160 Å². The van der Waals surface area contributed by atoms with E-state index < -0.39 is 0 Å². The Balaban J connectivity index is 1.50. The largest absolute Gasteiger partial charge is 0.495 e. The number of pyridine rings is 2. The average Bonchev–Trinajstić information content (AvgIpc) is 3.05. The van der Waals surface area contributed by atoms with Gasteiger partial charge in [-0.1, -0.05) is 0 Å².